The van der Waals surface area contributed by atoms with Gasteiger partial charge in [-0.1, -0.05) is 65.2 Å². The van der Waals surface area contributed by atoms with Crippen LogP contribution in [0.2, 0.25) is 0 Å². The molecular formula is C15H30O4. The van der Waals surface area contributed by atoms with Crippen LogP contribution in [0.3, 0.4) is 0 Å². The second-order valence-electron chi connectivity index (χ2n) is 5.86. The van der Waals surface area contributed by atoms with Gasteiger partial charge in [0, 0.05) is 6.42 Å². The molecule has 1 fully saturated rings. The molecule has 0 saturated carbocycles. The maximum absolute atomic E-state index is 9.99. The van der Waals surface area contributed by atoms with Crippen molar-refractivity contribution < 1.29 is 20.1 Å². The molecule has 0 aromatic carbocycles. The number of epoxide rings is 1. The average Bonchev–Trinajstić information content (AvgIpc) is 2.95. The normalized spacial score (nSPS) is 31.4. The van der Waals surface area contributed by atoms with Gasteiger partial charge in [-0.2, -0.15) is 0 Å². The second kappa shape index (κ2) is 7.58. The van der Waals surface area contributed by atoms with Crippen molar-refractivity contribution in [1.82, 2.24) is 0 Å². The smallest absolute Gasteiger partial charge is 0.247 e. The monoisotopic (exact) mass is 274 g/mol. The van der Waals surface area contributed by atoms with E-state index in [1.165, 1.54) is 32.1 Å². The summed E-state index contributed by atoms with van der Waals surface area (Å²) in [6.07, 6.45) is 10.00. The van der Waals surface area contributed by atoms with Gasteiger partial charge < -0.3 is 20.1 Å². The van der Waals surface area contributed by atoms with Crippen LogP contribution >= 0.6 is 0 Å². The van der Waals surface area contributed by atoms with Crippen molar-refractivity contribution in [1.29, 1.82) is 0 Å². The molecule has 1 aliphatic heterocycles. The predicted octanol–water partition coefficient (Wildman–Crippen LogP) is 2.55. The molecular weight excluding hydrogens is 244 g/mol. The first kappa shape index (κ1) is 16.9. The summed E-state index contributed by atoms with van der Waals surface area (Å²) < 4.78 is 4.89. The number of rotatable bonds is 11. The van der Waals surface area contributed by atoms with Crippen LogP contribution in [0.5, 0.6) is 0 Å². The molecule has 0 amide bonds. The lowest BCUT2D eigenvalue weighted by atomic mass is 9.91. The lowest BCUT2D eigenvalue weighted by Crippen LogP contribution is -2.31. The zero-order chi connectivity index (χ0) is 14.4. The van der Waals surface area contributed by atoms with Gasteiger partial charge in [0.1, 0.15) is 6.61 Å². The van der Waals surface area contributed by atoms with Gasteiger partial charge in [-0.05, 0) is 5.92 Å². The van der Waals surface area contributed by atoms with E-state index in [-0.39, 0.29) is 0 Å². The summed E-state index contributed by atoms with van der Waals surface area (Å²) in [5.41, 5.74) is 0. The van der Waals surface area contributed by atoms with Crippen molar-refractivity contribution in [2.75, 3.05) is 6.61 Å². The third kappa shape index (κ3) is 4.71. The molecule has 1 saturated heterocycles. The Hall–Kier alpha value is -0.160. The zero-order valence-electron chi connectivity index (χ0n) is 12.4. The van der Waals surface area contributed by atoms with E-state index in [9.17, 15) is 10.2 Å². The fourth-order valence-electron chi connectivity index (χ4n) is 2.67. The highest BCUT2D eigenvalue weighted by atomic mass is 16.8. The summed E-state index contributed by atoms with van der Waals surface area (Å²) in [5, 5.41) is 28.6. The molecule has 3 N–H and O–H groups in total. The Morgan fingerprint density at radius 1 is 0.947 bits per heavy atom. The molecule has 0 aliphatic carbocycles. The van der Waals surface area contributed by atoms with Crippen LogP contribution in [-0.4, -0.2) is 33.5 Å². The van der Waals surface area contributed by atoms with Gasteiger partial charge in [0.15, 0.2) is 0 Å². The van der Waals surface area contributed by atoms with E-state index < -0.39 is 18.2 Å². The lowest BCUT2D eigenvalue weighted by molar-refractivity contribution is -0.0282. The van der Waals surface area contributed by atoms with E-state index in [0.717, 1.165) is 19.3 Å². The highest BCUT2D eigenvalue weighted by Crippen LogP contribution is 2.48. The van der Waals surface area contributed by atoms with E-state index in [2.05, 4.69) is 13.8 Å². The minimum Gasteiger partial charge on any atom is -0.391 e. The summed E-state index contributed by atoms with van der Waals surface area (Å²) >= 11 is 0. The third-order valence-corrected chi connectivity index (χ3v) is 4.23. The standard InChI is InChI=1S/C15H30O4/c1-3-5-6-7-8-9-10-13(4-2)11-14(17)15(18,12-16)19-14/h13,16-18H,3-12H2,1-2H3. The maximum atomic E-state index is 9.99. The molecule has 114 valence electrons. The van der Waals surface area contributed by atoms with Crippen molar-refractivity contribution in [3.63, 3.8) is 0 Å². The fourth-order valence-corrected chi connectivity index (χ4v) is 2.67. The van der Waals surface area contributed by atoms with Gasteiger partial charge in [-0.25, -0.2) is 0 Å². The molecule has 1 heterocycles. The topological polar surface area (TPSA) is 73.2 Å². The van der Waals surface area contributed by atoms with Crippen LogP contribution in [0.1, 0.15) is 71.6 Å². The van der Waals surface area contributed by atoms with Gasteiger partial charge >= 0.3 is 0 Å². The molecule has 1 aliphatic rings. The van der Waals surface area contributed by atoms with Crippen LogP contribution in [0.4, 0.5) is 0 Å². The largest absolute Gasteiger partial charge is 0.391 e. The quantitative estimate of drug-likeness (QED) is 0.400. The van der Waals surface area contributed by atoms with Crippen molar-refractivity contribution in [3.8, 4) is 0 Å². The van der Waals surface area contributed by atoms with Crippen molar-refractivity contribution in [2.24, 2.45) is 5.92 Å². The Bertz CT molecular complexity index is 259. The highest BCUT2D eigenvalue weighted by Gasteiger charge is 2.69. The zero-order valence-corrected chi connectivity index (χ0v) is 12.4. The predicted molar refractivity (Wildman–Crippen MR) is 74.5 cm³/mol. The van der Waals surface area contributed by atoms with E-state index in [1.54, 1.807) is 0 Å². The van der Waals surface area contributed by atoms with Crippen LogP contribution in [-0.2, 0) is 4.74 Å². The number of aliphatic hydroxyl groups is 3. The molecule has 0 aromatic heterocycles. The van der Waals surface area contributed by atoms with Gasteiger partial charge in [0.25, 0.3) is 0 Å². The van der Waals surface area contributed by atoms with Gasteiger partial charge in [-0.3, -0.25) is 0 Å². The van der Waals surface area contributed by atoms with Gasteiger partial charge in [0.05, 0.1) is 0 Å². The first-order chi connectivity index (χ1) is 9.01. The SMILES string of the molecule is CCCCCCCCC(CC)CC1(O)OC1(O)CO. The third-order valence-electron chi connectivity index (χ3n) is 4.23. The number of ether oxygens (including phenoxy) is 1. The molecule has 4 heteroatoms. The number of unbranched alkanes of at least 4 members (excludes halogenated alkanes) is 5. The Morgan fingerprint density at radius 2 is 1.58 bits per heavy atom. The average molecular weight is 274 g/mol. The Labute approximate surface area is 116 Å². The fraction of sp³-hybridized carbons (Fsp3) is 1.00. The maximum Gasteiger partial charge on any atom is 0.247 e. The van der Waals surface area contributed by atoms with Crippen molar-refractivity contribution in [3.05, 3.63) is 0 Å². The van der Waals surface area contributed by atoms with Crippen LogP contribution in [0, 0.1) is 5.92 Å². The number of hydrogen-bond donors (Lipinski definition) is 3. The van der Waals surface area contributed by atoms with Gasteiger partial charge in [0.2, 0.25) is 11.6 Å². The van der Waals surface area contributed by atoms with Crippen LogP contribution < -0.4 is 0 Å². The molecule has 3 atom stereocenters. The molecule has 3 unspecified atom stereocenters. The minimum atomic E-state index is -1.72. The van der Waals surface area contributed by atoms with Gasteiger partial charge in [-0.15, -0.1) is 0 Å². The Balaban J connectivity index is 2.17. The highest BCUT2D eigenvalue weighted by molar-refractivity contribution is 5.00. The van der Waals surface area contributed by atoms with E-state index in [1.807, 2.05) is 0 Å². The summed E-state index contributed by atoms with van der Waals surface area (Å²) in [7, 11) is 0. The summed E-state index contributed by atoms with van der Waals surface area (Å²) in [6.45, 7) is 3.76. The van der Waals surface area contributed by atoms with E-state index >= 15 is 0 Å². The summed E-state index contributed by atoms with van der Waals surface area (Å²) in [6, 6.07) is 0. The number of hydrogen-bond acceptors (Lipinski definition) is 4. The van der Waals surface area contributed by atoms with Crippen molar-refractivity contribution >= 4 is 0 Å². The first-order valence-corrected chi connectivity index (χ1v) is 7.77. The summed E-state index contributed by atoms with van der Waals surface area (Å²) in [5.74, 6) is -2.90. The van der Waals surface area contributed by atoms with Crippen LogP contribution in [0.25, 0.3) is 0 Å². The van der Waals surface area contributed by atoms with E-state index in [0.29, 0.717) is 12.3 Å². The second-order valence-corrected chi connectivity index (χ2v) is 5.86. The molecule has 4 nitrogen and oxygen atoms in total. The molecule has 0 bridgehead atoms. The molecule has 19 heavy (non-hydrogen) atoms. The first-order valence-electron chi connectivity index (χ1n) is 7.77. The molecule has 0 spiro atoms. The lowest BCUT2D eigenvalue weighted by Gasteiger charge is -2.17. The molecule has 0 radical (unpaired) electrons. The Kier molecular flexibility index (Phi) is 6.74. The Morgan fingerprint density at radius 3 is 2.11 bits per heavy atom. The van der Waals surface area contributed by atoms with Crippen molar-refractivity contribution in [2.45, 2.75) is 83.2 Å². The van der Waals surface area contributed by atoms with Crippen LogP contribution in [0.15, 0.2) is 0 Å². The summed E-state index contributed by atoms with van der Waals surface area (Å²) in [4.78, 5) is 0. The number of aliphatic hydroxyl groups excluding tert-OH is 1. The van der Waals surface area contributed by atoms with E-state index in [4.69, 9.17) is 9.84 Å². The minimum absolute atomic E-state index is 0.344. The molecule has 0 aromatic rings. The molecule has 1 rings (SSSR count).